The van der Waals surface area contributed by atoms with Crippen LogP contribution in [-0.4, -0.2) is 32.8 Å². The van der Waals surface area contributed by atoms with Gasteiger partial charge < -0.3 is 15.4 Å². The minimum atomic E-state index is -0.641. The van der Waals surface area contributed by atoms with Gasteiger partial charge in [-0.3, -0.25) is 4.79 Å². The first kappa shape index (κ1) is 13.5. The fourth-order valence-corrected chi connectivity index (χ4v) is 1.06. The standard InChI is InChI=1S/C11H13N3O4/c1-6(7(2)14-18)12-13-11(17)9-4-3-8(15)5-10(9)16/h3-5,15-16,18H,1-2H3,(H,13,17)/b12-6+,14-7-. The van der Waals surface area contributed by atoms with Crippen LogP contribution in [0.4, 0.5) is 0 Å². The van der Waals surface area contributed by atoms with Gasteiger partial charge in [0.1, 0.15) is 11.5 Å². The van der Waals surface area contributed by atoms with Gasteiger partial charge in [0.2, 0.25) is 0 Å². The zero-order valence-electron chi connectivity index (χ0n) is 9.88. The van der Waals surface area contributed by atoms with Crippen LogP contribution in [0.3, 0.4) is 0 Å². The highest BCUT2D eigenvalue weighted by Gasteiger charge is 2.11. The number of hydrogen-bond acceptors (Lipinski definition) is 6. The van der Waals surface area contributed by atoms with E-state index in [0.717, 1.165) is 6.07 Å². The third kappa shape index (κ3) is 3.21. The van der Waals surface area contributed by atoms with Gasteiger partial charge >= 0.3 is 0 Å². The fraction of sp³-hybridized carbons (Fsp3) is 0.182. The van der Waals surface area contributed by atoms with E-state index in [-0.39, 0.29) is 22.8 Å². The summed E-state index contributed by atoms with van der Waals surface area (Å²) in [6.45, 7) is 3.06. The van der Waals surface area contributed by atoms with Crippen LogP contribution in [0.5, 0.6) is 11.5 Å². The molecule has 96 valence electrons. The first-order chi connectivity index (χ1) is 8.45. The van der Waals surface area contributed by atoms with Gasteiger partial charge in [0.15, 0.2) is 0 Å². The van der Waals surface area contributed by atoms with Gasteiger partial charge in [0, 0.05) is 6.07 Å². The molecule has 0 saturated carbocycles. The van der Waals surface area contributed by atoms with E-state index in [1.807, 2.05) is 0 Å². The Kier molecular flexibility index (Phi) is 4.25. The molecule has 4 N–H and O–H groups in total. The Balaban J connectivity index is 2.84. The van der Waals surface area contributed by atoms with Crippen molar-refractivity contribution < 1.29 is 20.2 Å². The smallest absolute Gasteiger partial charge is 0.275 e. The summed E-state index contributed by atoms with van der Waals surface area (Å²) < 4.78 is 0. The lowest BCUT2D eigenvalue weighted by Gasteiger charge is -2.04. The summed E-state index contributed by atoms with van der Waals surface area (Å²) in [7, 11) is 0. The van der Waals surface area contributed by atoms with Gasteiger partial charge in [-0.25, -0.2) is 5.43 Å². The van der Waals surface area contributed by atoms with Crippen molar-refractivity contribution in [2.45, 2.75) is 13.8 Å². The number of hydrogen-bond donors (Lipinski definition) is 4. The molecule has 0 bridgehead atoms. The van der Waals surface area contributed by atoms with E-state index in [1.165, 1.54) is 19.1 Å². The van der Waals surface area contributed by atoms with Crippen molar-refractivity contribution in [3.8, 4) is 11.5 Å². The van der Waals surface area contributed by atoms with Crippen molar-refractivity contribution in [1.82, 2.24) is 5.43 Å². The van der Waals surface area contributed by atoms with E-state index in [0.29, 0.717) is 5.71 Å². The Hall–Kier alpha value is -2.57. The molecule has 1 aromatic rings. The van der Waals surface area contributed by atoms with E-state index in [4.69, 9.17) is 10.3 Å². The molecule has 0 heterocycles. The van der Waals surface area contributed by atoms with Gasteiger partial charge in [-0.15, -0.1) is 0 Å². The summed E-state index contributed by atoms with van der Waals surface area (Å²) in [6.07, 6.45) is 0. The highest BCUT2D eigenvalue weighted by atomic mass is 16.4. The molecule has 0 aliphatic carbocycles. The number of rotatable bonds is 3. The Bertz CT molecular complexity index is 523. The summed E-state index contributed by atoms with van der Waals surface area (Å²) in [5, 5.41) is 33.6. The predicted molar refractivity (Wildman–Crippen MR) is 65.2 cm³/mol. The molecule has 0 aliphatic rings. The van der Waals surface area contributed by atoms with Crippen LogP contribution < -0.4 is 5.43 Å². The van der Waals surface area contributed by atoms with Crippen LogP contribution in [0.1, 0.15) is 24.2 Å². The maximum Gasteiger partial charge on any atom is 0.275 e. The van der Waals surface area contributed by atoms with Crippen molar-refractivity contribution in [3.05, 3.63) is 23.8 Å². The molecule has 7 nitrogen and oxygen atoms in total. The molecule has 0 unspecified atom stereocenters. The quantitative estimate of drug-likeness (QED) is 0.365. The van der Waals surface area contributed by atoms with Crippen molar-refractivity contribution in [3.63, 3.8) is 0 Å². The molecular weight excluding hydrogens is 238 g/mol. The second-order valence-electron chi connectivity index (χ2n) is 3.53. The van der Waals surface area contributed by atoms with Crippen molar-refractivity contribution in [1.29, 1.82) is 0 Å². The van der Waals surface area contributed by atoms with E-state index in [2.05, 4.69) is 15.7 Å². The molecule has 7 heteroatoms. The molecule has 0 spiro atoms. The Labute approximate surface area is 103 Å². The lowest BCUT2D eigenvalue weighted by Crippen LogP contribution is -2.21. The Morgan fingerprint density at radius 3 is 2.44 bits per heavy atom. The molecule has 0 aromatic heterocycles. The van der Waals surface area contributed by atoms with Gasteiger partial charge in [-0.05, 0) is 26.0 Å². The predicted octanol–water partition coefficient (Wildman–Crippen LogP) is 1.05. The largest absolute Gasteiger partial charge is 0.508 e. The van der Waals surface area contributed by atoms with Gasteiger partial charge in [0.25, 0.3) is 5.91 Å². The lowest BCUT2D eigenvalue weighted by atomic mass is 10.2. The maximum absolute atomic E-state index is 11.6. The van der Waals surface area contributed by atoms with Crippen LogP contribution in [-0.2, 0) is 0 Å². The first-order valence-electron chi connectivity index (χ1n) is 5.01. The van der Waals surface area contributed by atoms with Crippen LogP contribution in [0, 0.1) is 0 Å². The zero-order chi connectivity index (χ0) is 13.7. The van der Waals surface area contributed by atoms with E-state index in [9.17, 15) is 9.90 Å². The van der Waals surface area contributed by atoms with Crippen molar-refractivity contribution >= 4 is 17.3 Å². The van der Waals surface area contributed by atoms with Crippen LogP contribution in [0.2, 0.25) is 0 Å². The molecule has 1 aromatic carbocycles. The topological polar surface area (TPSA) is 115 Å². The third-order valence-electron chi connectivity index (χ3n) is 2.22. The second kappa shape index (κ2) is 5.67. The minimum Gasteiger partial charge on any atom is -0.508 e. The van der Waals surface area contributed by atoms with Crippen LogP contribution in [0.15, 0.2) is 28.5 Å². The molecule has 18 heavy (non-hydrogen) atoms. The highest BCUT2D eigenvalue weighted by molar-refractivity contribution is 6.40. The Morgan fingerprint density at radius 2 is 1.89 bits per heavy atom. The molecule has 0 fully saturated rings. The molecule has 0 saturated heterocycles. The fourth-order valence-electron chi connectivity index (χ4n) is 1.06. The highest BCUT2D eigenvalue weighted by Crippen LogP contribution is 2.22. The molecule has 0 radical (unpaired) electrons. The number of amides is 1. The monoisotopic (exact) mass is 251 g/mol. The molecule has 1 amide bonds. The number of nitrogens with zero attached hydrogens (tertiary/aromatic N) is 2. The van der Waals surface area contributed by atoms with Crippen molar-refractivity contribution in [2.75, 3.05) is 0 Å². The average Bonchev–Trinajstić information content (AvgIpc) is 2.34. The minimum absolute atomic E-state index is 0.0251. The second-order valence-corrected chi connectivity index (χ2v) is 3.53. The number of phenolic OH excluding ortho intramolecular Hbond substituents is 2. The van der Waals surface area contributed by atoms with E-state index >= 15 is 0 Å². The lowest BCUT2D eigenvalue weighted by molar-refractivity contribution is 0.0952. The molecule has 1 rings (SSSR count). The van der Waals surface area contributed by atoms with E-state index in [1.54, 1.807) is 6.92 Å². The Morgan fingerprint density at radius 1 is 1.22 bits per heavy atom. The van der Waals surface area contributed by atoms with Crippen LogP contribution >= 0.6 is 0 Å². The average molecular weight is 251 g/mol. The number of nitrogens with one attached hydrogen (secondary N) is 1. The maximum atomic E-state index is 11.6. The summed E-state index contributed by atoms with van der Waals surface area (Å²) >= 11 is 0. The SMILES string of the molecule is CC(=N/O)/C(C)=N/NC(=O)c1ccc(O)cc1O. The summed E-state index contributed by atoms with van der Waals surface area (Å²) in [6, 6.07) is 3.58. The van der Waals surface area contributed by atoms with Gasteiger partial charge in [0.05, 0.1) is 17.0 Å². The zero-order valence-corrected chi connectivity index (χ0v) is 9.88. The summed E-state index contributed by atoms with van der Waals surface area (Å²) in [5.41, 5.74) is 2.74. The summed E-state index contributed by atoms with van der Waals surface area (Å²) in [5.74, 6) is -1.14. The number of aromatic hydroxyl groups is 2. The van der Waals surface area contributed by atoms with Crippen LogP contribution in [0.25, 0.3) is 0 Å². The van der Waals surface area contributed by atoms with Gasteiger partial charge in [-0.1, -0.05) is 5.16 Å². The first-order valence-corrected chi connectivity index (χ1v) is 5.01. The molecule has 0 atom stereocenters. The number of carbonyl (C=O) groups excluding carboxylic acids is 1. The molecular formula is C11H13N3O4. The number of carbonyl (C=O) groups is 1. The van der Waals surface area contributed by atoms with Crippen molar-refractivity contribution in [2.24, 2.45) is 10.3 Å². The van der Waals surface area contributed by atoms with E-state index < -0.39 is 5.91 Å². The molecule has 0 aliphatic heterocycles. The normalized spacial score (nSPS) is 12.3. The number of phenols is 2. The number of oxime groups is 1. The number of hydrazone groups is 1. The van der Waals surface area contributed by atoms with Gasteiger partial charge in [-0.2, -0.15) is 5.10 Å². The number of benzene rings is 1. The third-order valence-corrected chi connectivity index (χ3v) is 2.22. The summed E-state index contributed by atoms with van der Waals surface area (Å²) in [4.78, 5) is 11.6.